The second-order valence-electron chi connectivity index (χ2n) is 8.07. The molecule has 0 bridgehead atoms. The van der Waals surface area contributed by atoms with Gasteiger partial charge in [0.15, 0.2) is 5.96 Å². The molecule has 7 heteroatoms. The maximum Gasteiger partial charge on any atom is 0.193 e. The zero-order valence-corrected chi connectivity index (χ0v) is 18.3. The number of nitrogens with one attached hydrogen (secondary N) is 1. The summed E-state index contributed by atoms with van der Waals surface area (Å²) in [5, 5.41) is 3.57. The highest BCUT2D eigenvalue weighted by atomic mass is 16.5. The van der Waals surface area contributed by atoms with Crippen molar-refractivity contribution in [3.8, 4) is 0 Å². The molecule has 1 aromatic heterocycles. The number of nitrogens with zero attached hydrogens (tertiary/aromatic N) is 4. The zero-order chi connectivity index (χ0) is 20.3. The van der Waals surface area contributed by atoms with Gasteiger partial charge in [0.2, 0.25) is 0 Å². The van der Waals surface area contributed by atoms with Crippen LogP contribution in [-0.4, -0.2) is 99.3 Å². The number of furan rings is 1. The Morgan fingerprint density at radius 1 is 1.31 bits per heavy atom. The monoisotopic (exact) mass is 405 g/mol. The molecule has 1 aromatic rings. The second kappa shape index (κ2) is 12.2. The molecular weight excluding hydrogens is 366 g/mol. The summed E-state index contributed by atoms with van der Waals surface area (Å²) in [6.07, 6.45) is 6.29. The van der Waals surface area contributed by atoms with Crippen LogP contribution < -0.4 is 5.32 Å². The van der Waals surface area contributed by atoms with Gasteiger partial charge in [-0.3, -0.25) is 14.8 Å². The maximum absolute atomic E-state index is 5.46. The number of aliphatic imine (C=N–C) groups is 1. The molecule has 1 unspecified atom stereocenters. The van der Waals surface area contributed by atoms with Crippen molar-refractivity contribution in [3.63, 3.8) is 0 Å². The molecule has 3 rings (SSSR count). The molecule has 0 aromatic carbocycles. The molecule has 29 heavy (non-hydrogen) atoms. The fourth-order valence-corrected chi connectivity index (χ4v) is 4.29. The fourth-order valence-electron chi connectivity index (χ4n) is 4.29. The fraction of sp³-hybridized carbons (Fsp3) is 0.773. The molecule has 0 spiro atoms. The van der Waals surface area contributed by atoms with Gasteiger partial charge in [0, 0.05) is 58.8 Å². The van der Waals surface area contributed by atoms with Crippen LogP contribution in [0.2, 0.25) is 0 Å². The second-order valence-corrected chi connectivity index (χ2v) is 8.07. The van der Waals surface area contributed by atoms with Crippen LogP contribution >= 0.6 is 0 Å². The summed E-state index contributed by atoms with van der Waals surface area (Å²) in [7, 11) is 2.17. The Labute approximate surface area is 176 Å². The summed E-state index contributed by atoms with van der Waals surface area (Å²) >= 11 is 0. The van der Waals surface area contributed by atoms with Crippen LogP contribution in [0.1, 0.15) is 31.9 Å². The first kappa shape index (κ1) is 22.1. The topological polar surface area (TPSA) is 56.5 Å². The van der Waals surface area contributed by atoms with Crippen molar-refractivity contribution < 1.29 is 9.15 Å². The third kappa shape index (κ3) is 7.32. The molecular formula is C22H39N5O2. The van der Waals surface area contributed by atoms with Crippen molar-refractivity contribution in [1.82, 2.24) is 20.0 Å². The Balaban J connectivity index is 1.49. The Hall–Kier alpha value is -1.57. The number of guanidine groups is 1. The van der Waals surface area contributed by atoms with E-state index in [9.17, 15) is 0 Å². The molecule has 2 aliphatic heterocycles. The van der Waals surface area contributed by atoms with Gasteiger partial charge in [-0.15, -0.1) is 0 Å². The van der Waals surface area contributed by atoms with Gasteiger partial charge in [0.1, 0.15) is 5.76 Å². The molecule has 1 N–H and O–H groups in total. The first-order chi connectivity index (χ1) is 14.3. The molecule has 0 radical (unpaired) electrons. The smallest absolute Gasteiger partial charge is 0.193 e. The van der Waals surface area contributed by atoms with E-state index in [-0.39, 0.29) is 0 Å². The number of ether oxygens (including phenoxy) is 1. The van der Waals surface area contributed by atoms with E-state index in [1.54, 1.807) is 6.26 Å². The number of hydrogen-bond donors (Lipinski definition) is 1. The number of rotatable bonds is 10. The summed E-state index contributed by atoms with van der Waals surface area (Å²) < 4.78 is 10.9. The van der Waals surface area contributed by atoms with Crippen molar-refractivity contribution >= 4 is 5.96 Å². The molecule has 0 amide bonds. The molecule has 0 saturated carbocycles. The van der Waals surface area contributed by atoms with Crippen LogP contribution in [0.15, 0.2) is 27.8 Å². The Kier molecular flexibility index (Phi) is 9.31. The molecule has 3 heterocycles. The molecule has 164 valence electrons. The zero-order valence-electron chi connectivity index (χ0n) is 18.3. The van der Waals surface area contributed by atoms with Gasteiger partial charge in [0.25, 0.3) is 0 Å². The van der Waals surface area contributed by atoms with Crippen molar-refractivity contribution in [2.45, 2.75) is 38.6 Å². The van der Waals surface area contributed by atoms with Gasteiger partial charge in [-0.2, -0.15) is 0 Å². The predicted molar refractivity (Wildman–Crippen MR) is 117 cm³/mol. The van der Waals surface area contributed by atoms with Crippen LogP contribution in [0, 0.1) is 0 Å². The van der Waals surface area contributed by atoms with E-state index < -0.39 is 0 Å². The highest BCUT2D eigenvalue weighted by Gasteiger charge is 2.25. The Bertz CT molecular complexity index is 586. The van der Waals surface area contributed by atoms with E-state index in [2.05, 4.69) is 34.0 Å². The van der Waals surface area contributed by atoms with Crippen LogP contribution in [0.5, 0.6) is 0 Å². The summed E-state index contributed by atoms with van der Waals surface area (Å²) in [6, 6.07) is 4.61. The SMILES string of the molecule is CCN1CCCC1CN(C)C(=NCCCN1CCOCC1)NCCc1ccco1. The lowest BCUT2D eigenvalue weighted by atomic mass is 10.2. The third-order valence-corrected chi connectivity index (χ3v) is 5.98. The largest absolute Gasteiger partial charge is 0.469 e. The van der Waals surface area contributed by atoms with Crippen molar-refractivity contribution in [2.75, 3.05) is 72.6 Å². The van der Waals surface area contributed by atoms with E-state index in [0.29, 0.717) is 6.04 Å². The summed E-state index contributed by atoms with van der Waals surface area (Å²) in [5.41, 5.74) is 0. The van der Waals surface area contributed by atoms with Gasteiger partial charge in [-0.05, 0) is 44.5 Å². The van der Waals surface area contributed by atoms with Crippen molar-refractivity contribution in [2.24, 2.45) is 4.99 Å². The molecule has 2 aliphatic rings. The van der Waals surface area contributed by atoms with Gasteiger partial charge < -0.3 is 19.4 Å². The Morgan fingerprint density at radius 3 is 2.93 bits per heavy atom. The minimum absolute atomic E-state index is 0.635. The minimum Gasteiger partial charge on any atom is -0.469 e. The number of likely N-dealkylation sites (N-methyl/N-ethyl adjacent to an activating group) is 2. The van der Waals surface area contributed by atoms with Gasteiger partial charge in [-0.1, -0.05) is 6.92 Å². The number of hydrogen-bond acceptors (Lipinski definition) is 5. The normalized spacial score (nSPS) is 21.6. The first-order valence-corrected chi connectivity index (χ1v) is 11.3. The highest BCUT2D eigenvalue weighted by molar-refractivity contribution is 5.79. The quantitative estimate of drug-likeness (QED) is 0.365. The van der Waals surface area contributed by atoms with Gasteiger partial charge >= 0.3 is 0 Å². The number of morpholine rings is 1. The predicted octanol–water partition coefficient (Wildman–Crippen LogP) is 1.91. The standard InChI is InChI=1S/C22H39N5O2/c1-3-27-13-4-7-20(27)19-25(2)22(24-11-9-21-8-5-16-29-21)23-10-6-12-26-14-17-28-18-15-26/h5,8,16,20H,3-4,6-7,9-15,17-19H2,1-2H3,(H,23,24). The maximum atomic E-state index is 5.46. The van der Waals surface area contributed by atoms with E-state index in [0.717, 1.165) is 83.6 Å². The molecule has 2 fully saturated rings. The lowest BCUT2D eigenvalue weighted by molar-refractivity contribution is 0.0377. The van der Waals surface area contributed by atoms with E-state index >= 15 is 0 Å². The van der Waals surface area contributed by atoms with Crippen LogP contribution in [0.3, 0.4) is 0 Å². The lowest BCUT2D eigenvalue weighted by Crippen LogP contribution is -2.46. The minimum atomic E-state index is 0.635. The van der Waals surface area contributed by atoms with E-state index in [1.165, 1.54) is 19.4 Å². The van der Waals surface area contributed by atoms with Gasteiger partial charge in [-0.25, -0.2) is 0 Å². The molecule has 7 nitrogen and oxygen atoms in total. The third-order valence-electron chi connectivity index (χ3n) is 5.98. The van der Waals surface area contributed by atoms with Gasteiger partial charge in [0.05, 0.1) is 19.5 Å². The van der Waals surface area contributed by atoms with E-state index in [4.69, 9.17) is 14.1 Å². The summed E-state index contributed by atoms with van der Waals surface area (Å²) in [6.45, 7) is 12.3. The van der Waals surface area contributed by atoms with Crippen molar-refractivity contribution in [3.05, 3.63) is 24.2 Å². The average Bonchev–Trinajstić information content (AvgIpc) is 3.42. The molecule has 0 aliphatic carbocycles. The first-order valence-electron chi connectivity index (χ1n) is 11.3. The van der Waals surface area contributed by atoms with E-state index in [1.807, 2.05) is 12.1 Å². The molecule has 1 atom stereocenters. The molecule has 2 saturated heterocycles. The Morgan fingerprint density at radius 2 is 2.17 bits per heavy atom. The van der Waals surface area contributed by atoms with Crippen LogP contribution in [0.4, 0.5) is 0 Å². The van der Waals surface area contributed by atoms with Crippen LogP contribution in [-0.2, 0) is 11.2 Å². The lowest BCUT2D eigenvalue weighted by Gasteiger charge is -2.30. The number of likely N-dealkylation sites (tertiary alicyclic amines) is 1. The average molecular weight is 406 g/mol. The highest BCUT2D eigenvalue weighted by Crippen LogP contribution is 2.17. The summed E-state index contributed by atoms with van der Waals surface area (Å²) in [4.78, 5) is 12.3. The summed E-state index contributed by atoms with van der Waals surface area (Å²) in [5.74, 6) is 2.03. The van der Waals surface area contributed by atoms with Crippen LogP contribution in [0.25, 0.3) is 0 Å². The van der Waals surface area contributed by atoms with Crippen molar-refractivity contribution in [1.29, 1.82) is 0 Å².